The van der Waals surface area contributed by atoms with Crippen molar-refractivity contribution in [1.29, 1.82) is 0 Å². The number of hydrogen-bond donors (Lipinski definition) is 4. The minimum Gasteiger partial charge on any atom is -0.494 e. The standard InChI is InChI=1S/C28H49N3O8S/c1-7-8-20-40-22-21-24(33)31(25(22)34)14-9-10-23(32)29-12-16-37-18-19-38-17-13-30-26(35)28(4,5)39-15-11-27(2,3)36-6/h7-8,21,33-34H,9-20H2,1-6H3,(H,29,32)(H,30,35). The molecule has 1 heterocycles. The van der Waals surface area contributed by atoms with E-state index >= 15 is 0 Å². The van der Waals surface area contributed by atoms with E-state index in [-0.39, 0.29) is 35.6 Å². The molecule has 0 atom stereocenters. The fraction of sp³-hybridized carbons (Fsp3) is 0.714. The fourth-order valence-corrected chi connectivity index (χ4v) is 4.20. The van der Waals surface area contributed by atoms with Gasteiger partial charge in [0.15, 0.2) is 5.88 Å². The number of aromatic nitrogens is 1. The number of rotatable bonds is 22. The Morgan fingerprint density at radius 2 is 1.68 bits per heavy atom. The van der Waals surface area contributed by atoms with E-state index in [1.807, 2.05) is 32.9 Å². The summed E-state index contributed by atoms with van der Waals surface area (Å²) in [5.41, 5.74) is -1.25. The van der Waals surface area contributed by atoms with E-state index < -0.39 is 5.60 Å². The Hall–Kier alpha value is -2.25. The zero-order valence-electron chi connectivity index (χ0n) is 24.9. The van der Waals surface area contributed by atoms with Crippen molar-refractivity contribution in [3.8, 4) is 11.8 Å². The summed E-state index contributed by atoms with van der Waals surface area (Å²) in [6.45, 7) is 12.2. The number of thioether (sulfide) groups is 1. The van der Waals surface area contributed by atoms with Crippen molar-refractivity contribution >= 4 is 23.6 Å². The molecule has 4 N–H and O–H groups in total. The number of ether oxygens (including phenoxy) is 4. The lowest BCUT2D eigenvalue weighted by Gasteiger charge is -2.28. The van der Waals surface area contributed by atoms with Gasteiger partial charge in [0, 0.05) is 45.0 Å². The van der Waals surface area contributed by atoms with Gasteiger partial charge in [-0.3, -0.25) is 14.2 Å². The molecule has 0 fully saturated rings. The molecule has 0 unspecified atom stereocenters. The van der Waals surface area contributed by atoms with Crippen LogP contribution in [0.1, 0.15) is 53.9 Å². The molecular formula is C28H49N3O8S. The number of aromatic hydroxyl groups is 2. The predicted molar refractivity (Wildman–Crippen MR) is 156 cm³/mol. The third-order valence-corrected chi connectivity index (χ3v) is 7.08. The van der Waals surface area contributed by atoms with Crippen LogP contribution >= 0.6 is 11.8 Å². The highest BCUT2D eigenvalue weighted by atomic mass is 32.2. The topological polar surface area (TPSA) is 141 Å². The van der Waals surface area contributed by atoms with Crippen molar-refractivity contribution in [2.75, 3.05) is 59.0 Å². The fourth-order valence-electron chi connectivity index (χ4n) is 3.30. The van der Waals surface area contributed by atoms with Crippen molar-refractivity contribution in [2.24, 2.45) is 0 Å². The van der Waals surface area contributed by atoms with Crippen LogP contribution in [-0.2, 0) is 35.1 Å². The number of allylic oxidation sites excluding steroid dienone is 1. The molecule has 2 amide bonds. The maximum Gasteiger partial charge on any atom is 0.251 e. The second-order valence-electron chi connectivity index (χ2n) is 10.2. The lowest BCUT2D eigenvalue weighted by atomic mass is 10.1. The number of amides is 2. The molecule has 12 heteroatoms. The average Bonchev–Trinajstić information content (AvgIpc) is 3.17. The normalized spacial score (nSPS) is 12.2. The van der Waals surface area contributed by atoms with Crippen LogP contribution in [0.5, 0.6) is 11.8 Å². The van der Waals surface area contributed by atoms with Gasteiger partial charge < -0.3 is 39.8 Å². The Kier molecular flexibility index (Phi) is 17.0. The Bertz CT molecular complexity index is 918. The second-order valence-corrected chi connectivity index (χ2v) is 11.3. The van der Waals surface area contributed by atoms with Crippen LogP contribution < -0.4 is 10.6 Å². The molecular weight excluding hydrogens is 538 g/mol. The molecule has 0 aromatic carbocycles. The van der Waals surface area contributed by atoms with Gasteiger partial charge in [-0.15, -0.1) is 11.8 Å². The van der Waals surface area contributed by atoms with Crippen LogP contribution in [0.3, 0.4) is 0 Å². The molecule has 0 spiro atoms. The van der Waals surface area contributed by atoms with Crippen molar-refractivity contribution in [3.63, 3.8) is 0 Å². The molecule has 11 nitrogen and oxygen atoms in total. The van der Waals surface area contributed by atoms with Gasteiger partial charge in [0.2, 0.25) is 11.8 Å². The summed E-state index contributed by atoms with van der Waals surface area (Å²) in [7, 11) is 1.65. The van der Waals surface area contributed by atoms with Crippen molar-refractivity contribution in [2.45, 2.75) is 76.5 Å². The molecule has 0 saturated heterocycles. The first-order valence-corrected chi connectivity index (χ1v) is 14.7. The number of nitrogens with zero attached hydrogens (tertiary/aromatic N) is 1. The summed E-state index contributed by atoms with van der Waals surface area (Å²) in [5, 5.41) is 25.9. The number of carbonyl (C=O) groups excluding carboxylic acids is 2. The Balaban J connectivity index is 2.06. The molecule has 0 aliphatic rings. The van der Waals surface area contributed by atoms with Crippen LogP contribution in [0.2, 0.25) is 0 Å². The molecule has 230 valence electrons. The Morgan fingerprint density at radius 1 is 1.02 bits per heavy atom. The highest BCUT2D eigenvalue weighted by molar-refractivity contribution is 7.99. The number of hydrogen-bond acceptors (Lipinski definition) is 9. The smallest absolute Gasteiger partial charge is 0.251 e. The van der Waals surface area contributed by atoms with Crippen LogP contribution in [0.15, 0.2) is 23.1 Å². The maximum atomic E-state index is 12.4. The first-order chi connectivity index (χ1) is 18.9. The summed E-state index contributed by atoms with van der Waals surface area (Å²) in [4.78, 5) is 25.0. The zero-order valence-corrected chi connectivity index (χ0v) is 25.7. The SMILES string of the molecule is CC=CCSc1cc(O)n(CCCC(=O)NCCOCCOCCNC(=O)C(C)(C)OCCC(C)(C)OC)c1O. The van der Waals surface area contributed by atoms with E-state index in [0.29, 0.717) is 76.2 Å². The van der Waals surface area contributed by atoms with Gasteiger partial charge in [0.25, 0.3) is 5.91 Å². The lowest BCUT2D eigenvalue weighted by molar-refractivity contribution is -0.145. The van der Waals surface area contributed by atoms with Gasteiger partial charge in [-0.2, -0.15) is 0 Å². The summed E-state index contributed by atoms with van der Waals surface area (Å²) in [6.07, 6.45) is 5.30. The highest BCUT2D eigenvalue weighted by Gasteiger charge is 2.29. The van der Waals surface area contributed by atoms with E-state index in [0.717, 1.165) is 0 Å². The van der Waals surface area contributed by atoms with Crippen LogP contribution in [0.25, 0.3) is 0 Å². The van der Waals surface area contributed by atoms with E-state index in [1.54, 1.807) is 21.0 Å². The van der Waals surface area contributed by atoms with Gasteiger partial charge >= 0.3 is 0 Å². The van der Waals surface area contributed by atoms with Crippen molar-refractivity contribution in [3.05, 3.63) is 18.2 Å². The minimum atomic E-state index is -0.947. The summed E-state index contributed by atoms with van der Waals surface area (Å²) in [6, 6.07) is 1.53. The monoisotopic (exact) mass is 587 g/mol. The molecule has 1 aromatic rings. The quantitative estimate of drug-likeness (QED) is 0.0914. The number of methoxy groups -OCH3 is 1. The summed E-state index contributed by atoms with van der Waals surface area (Å²) >= 11 is 1.43. The van der Waals surface area contributed by atoms with Gasteiger partial charge in [-0.1, -0.05) is 12.2 Å². The van der Waals surface area contributed by atoms with Gasteiger partial charge in [0.05, 0.1) is 43.5 Å². The van der Waals surface area contributed by atoms with Crippen LogP contribution in [0, 0.1) is 0 Å². The second kappa shape index (κ2) is 19.0. The first kappa shape index (κ1) is 35.8. The van der Waals surface area contributed by atoms with E-state index in [2.05, 4.69) is 10.6 Å². The average molecular weight is 588 g/mol. The maximum absolute atomic E-state index is 12.4. The Labute approximate surface area is 243 Å². The molecule has 1 aromatic heterocycles. The zero-order chi connectivity index (χ0) is 30.0. The third kappa shape index (κ3) is 14.4. The number of nitrogens with one attached hydrogen (secondary N) is 2. The van der Waals surface area contributed by atoms with Crippen molar-refractivity contribution < 1.29 is 38.7 Å². The first-order valence-electron chi connectivity index (χ1n) is 13.7. The van der Waals surface area contributed by atoms with Gasteiger partial charge in [-0.25, -0.2) is 0 Å². The van der Waals surface area contributed by atoms with Crippen LogP contribution in [0.4, 0.5) is 0 Å². The summed E-state index contributed by atoms with van der Waals surface area (Å²) < 4.78 is 23.4. The minimum absolute atomic E-state index is 0.0150. The largest absolute Gasteiger partial charge is 0.494 e. The lowest BCUT2D eigenvalue weighted by Crippen LogP contribution is -2.46. The van der Waals surface area contributed by atoms with E-state index in [4.69, 9.17) is 18.9 Å². The molecule has 0 aliphatic carbocycles. The third-order valence-electron chi connectivity index (χ3n) is 6.11. The molecule has 0 radical (unpaired) electrons. The molecule has 0 bridgehead atoms. The van der Waals surface area contributed by atoms with Gasteiger partial charge in [-0.05, 0) is 47.5 Å². The molecule has 0 saturated carbocycles. The highest BCUT2D eigenvalue weighted by Crippen LogP contribution is 2.35. The predicted octanol–water partition coefficient (Wildman–Crippen LogP) is 3.22. The summed E-state index contributed by atoms with van der Waals surface area (Å²) in [5.74, 6) is 0.366. The van der Waals surface area contributed by atoms with Gasteiger partial charge in [0.1, 0.15) is 5.60 Å². The molecule has 1 rings (SSSR count). The Morgan fingerprint density at radius 3 is 2.30 bits per heavy atom. The molecule has 0 aliphatic heterocycles. The van der Waals surface area contributed by atoms with Crippen molar-refractivity contribution in [1.82, 2.24) is 15.2 Å². The molecule has 40 heavy (non-hydrogen) atoms. The van der Waals surface area contributed by atoms with E-state index in [9.17, 15) is 19.8 Å². The van der Waals surface area contributed by atoms with Crippen LogP contribution in [-0.4, -0.2) is 96.8 Å². The van der Waals surface area contributed by atoms with E-state index in [1.165, 1.54) is 22.4 Å². The number of carbonyl (C=O) groups is 2.